The first kappa shape index (κ1) is 26.4. The summed E-state index contributed by atoms with van der Waals surface area (Å²) >= 11 is 0. The van der Waals surface area contributed by atoms with E-state index in [-0.39, 0.29) is 18.9 Å². The van der Waals surface area contributed by atoms with Crippen LogP contribution in [-0.4, -0.2) is 108 Å². The molecule has 0 N–H and O–H groups in total. The summed E-state index contributed by atoms with van der Waals surface area (Å²) in [5.74, 6) is -5.18. The molecule has 43 heavy (non-hydrogen) atoms. The van der Waals surface area contributed by atoms with Crippen LogP contribution in [0.2, 0.25) is 0 Å². The molecule has 0 radical (unpaired) electrons. The summed E-state index contributed by atoms with van der Waals surface area (Å²) in [6, 6.07) is -3.76. The molecule has 2 spiro atoms. The van der Waals surface area contributed by atoms with Crippen LogP contribution in [0.1, 0.15) is 24.9 Å². The molecule has 16 heteroatoms. The molecule has 0 amide bonds. The van der Waals surface area contributed by atoms with Crippen molar-refractivity contribution in [3.05, 3.63) is 32.2 Å². The highest BCUT2D eigenvalue weighted by molar-refractivity contribution is 6.45. The molecule has 1 aromatic rings. The van der Waals surface area contributed by atoms with Crippen molar-refractivity contribution >= 4 is 29.6 Å². The normalized spacial score (nSPS) is 40.1. The third-order valence-corrected chi connectivity index (χ3v) is 11.6. The van der Waals surface area contributed by atoms with E-state index in [2.05, 4.69) is 0 Å². The summed E-state index contributed by atoms with van der Waals surface area (Å²) in [5, 5.41) is 0. The van der Waals surface area contributed by atoms with Crippen molar-refractivity contribution in [1.29, 1.82) is 0 Å². The van der Waals surface area contributed by atoms with Crippen LogP contribution in [0.15, 0.2) is 25.9 Å². The van der Waals surface area contributed by atoms with Gasteiger partial charge in [0, 0.05) is 19.0 Å². The molecule has 6 bridgehead atoms. The van der Waals surface area contributed by atoms with Crippen LogP contribution in [0, 0.1) is 22.2 Å². The molecule has 16 nitrogen and oxygen atoms in total. The van der Waals surface area contributed by atoms with Gasteiger partial charge in [0.15, 0.2) is 5.41 Å². The number of hydrogen-bond acceptors (Lipinski definition) is 13. The molecule has 9 rings (SSSR count). The number of fused-ring (bicyclic) bond motifs is 1. The van der Waals surface area contributed by atoms with Crippen molar-refractivity contribution in [2.24, 2.45) is 34.2 Å². The Labute approximate surface area is 242 Å². The maximum absolute atomic E-state index is 14.5. The lowest BCUT2D eigenvalue weighted by atomic mass is 9.41. The third-order valence-electron chi connectivity index (χ3n) is 11.6. The van der Waals surface area contributed by atoms with Crippen molar-refractivity contribution in [3.63, 3.8) is 0 Å². The molecule has 228 valence electrons. The summed E-state index contributed by atoms with van der Waals surface area (Å²) in [7, 11) is 5.83. The Morgan fingerprint density at radius 3 is 2.09 bits per heavy atom. The SMILES string of the molecule is COC(=O)C1=NC2CCC3N4C(C(=O)OC)=C(C(=O)OC)C1(C(=O)OC)C1C4C4n5c(=O)n(C)c(=O)n5C1C21COCC341. The molecule has 4 fully saturated rings. The Bertz CT molecular complexity index is 1770. The zero-order valence-corrected chi connectivity index (χ0v) is 24.0. The first-order valence-electron chi connectivity index (χ1n) is 14.0. The molecule has 2 saturated carbocycles. The van der Waals surface area contributed by atoms with Gasteiger partial charge < -0.3 is 28.6 Å². The Balaban J connectivity index is 1.66. The zero-order valence-electron chi connectivity index (χ0n) is 24.0. The van der Waals surface area contributed by atoms with Gasteiger partial charge in [0.05, 0.1) is 82.2 Å². The van der Waals surface area contributed by atoms with Gasteiger partial charge in [-0.2, -0.15) is 0 Å². The minimum Gasteiger partial charge on any atom is -0.468 e. The number of nitrogens with zero attached hydrogens (tertiary/aromatic N) is 5. The van der Waals surface area contributed by atoms with Crippen molar-refractivity contribution < 1.29 is 42.9 Å². The smallest absolute Gasteiger partial charge is 0.354 e. The van der Waals surface area contributed by atoms with Crippen LogP contribution < -0.4 is 11.4 Å². The van der Waals surface area contributed by atoms with Gasteiger partial charge in [-0.05, 0) is 12.8 Å². The third kappa shape index (κ3) is 2.28. The Morgan fingerprint density at radius 1 is 0.837 bits per heavy atom. The van der Waals surface area contributed by atoms with E-state index in [1.165, 1.54) is 16.4 Å². The highest BCUT2D eigenvalue weighted by Gasteiger charge is 2.90. The number of rotatable bonds is 4. The van der Waals surface area contributed by atoms with E-state index >= 15 is 0 Å². The Kier molecular flexibility index (Phi) is 4.81. The number of ether oxygens (including phenoxy) is 5. The monoisotopic (exact) mass is 599 g/mol. The fourth-order valence-electron chi connectivity index (χ4n) is 10.6. The van der Waals surface area contributed by atoms with Gasteiger partial charge in [-0.3, -0.25) is 9.79 Å². The maximum atomic E-state index is 14.5. The standard InChI is InChI=1S/C27H29N5O11/c1-29-23(37)31-17-12-14-18(32(31)24(29)38)26-9-43-8-25(17,26)10-6-7-11(26)30(14)15(20(34)40-3)13(19(33)39-2)27(12,22(36)42-5)16(28-10)21(35)41-4/h10-12,14,17-18H,6-9H2,1-5H3. The van der Waals surface area contributed by atoms with Gasteiger partial charge in [-0.1, -0.05) is 0 Å². The fraction of sp³-hybridized carbons (Fsp3) is 0.667. The largest absolute Gasteiger partial charge is 0.468 e. The van der Waals surface area contributed by atoms with Crippen molar-refractivity contribution in [3.8, 4) is 0 Å². The second kappa shape index (κ2) is 7.84. The molecule has 2 saturated heterocycles. The van der Waals surface area contributed by atoms with E-state index in [4.69, 9.17) is 28.7 Å². The lowest BCUT2D eigenvalue weighted by Gasteiger charge is -2.65. The second-order valence-electron chi connectivity index (χ2n) is 12.3. The van der Waals surface area contributed by atoms with Crippen molar-refractivity contribution in [2.45, 2.75) is 43.1 Å². The van der Waals surface area contributed by atoms with Gasteiger partial charge in [0.25, 0.3) is 0 Å². The van der Waals surface area contributed by atoms with Gasteiger partial charge in [-0.25, -0.2) is 37.9 Å². The number of carbonyl (C=O) groups is 4. The molecular formula is C27H29N5O11. The average Bonchev–Trinajstić information content (AvgIpc) is 3.62. The molecule has 9 unspecified atom stereocenters. The lowest BCUT2D eigenvalue weighted by molar-refractivity contribution is -0.182. The van der Waals surface area contributed by atoms with Crippen LogP contribution in [0.25, 0.3) is 0 Å². The molecule has 1 aromatic heterocycles. The summed E-state index contributed by atoms with van der Waals surface area (Å²) in [5.41, 5.74) is -6.61. The highest BCUT2D eigenvalue weighted by atomic mass is 16.5. The van der Waals surface area contributed by atoms with E-state index in [0.717, 1.165) is 33.0 Å². The highest BCUT2D eigenvalue weighted by Crippen LogP contribution is 2.82. The van der Waals surface area contributed by atoms with Crippen LogP contribution in [0.3, 0.4) is 0 Å². The van der Waals surface area contributed by atoms with Crippen molar-refractivity contribution in [2.75, 3.05) is 41.7 Å². The molecule has 0 aromatic carbocycles. The van der Waals surface area contributed by atoms with E-state index in [9.17, 15) is 28.8 Å². The molecule has 6 aliphatic heterocycles. The van der Waals surface area contributed by atoms with E-state index in [0.29, 0.717) is 12.8 Å². The predicted molar refractivity (Wildman–Crippen MR) is 139 cm³/mol. The predicted octanol–water partition coefficient (Wildman–Crippen LogP) is -2.31. The number of carbonyl (C=O) groups excluding carboxylic acids is 4. The Hall–Kier alpha value is -4.21. The summed E-state index contributed by atoms with van der Waals surface area (Å²) in [6.45, 7) is 0.277. The van der Waals surface area contributed by atoms with Gasteiger partial charge in [0.1, 0.15) is 11.4 Å². The van der Waals surface area contributed by atoms with Gasteiger partial charge in [-0.15, -0.1) is 0 Å². The number of esters is 4. The van der Waals surface area contributed by atoms with E-state index in [1.807, 2.05) is 0 Å². The molecule has 7 heterocycles. The van der Waals surface area contributed by atoms with E-state index < -0.39 is 98.9 Å². The average molecular weight is 600 g/mol. The number of aliphatic imine (C=N–C) groups is 1. The summed E-state index contributed by atoms with van der Waals surface area (Å²) < 4.78 is 31.1. The zero-order chi connectivity index (χ0) is 30.5. The van der Waals surface area contributed by atoms with Crippen LogP contribution in [0.4, 0.5) is 0 Å². The maximum Gasteiger partial charge on any atom is 0.354 e. The molecule has 8 aliphatic rings. The van der Waals surface area contributed by atoms with Gasteiger partial charge >= 0.3 is 35.3 Å². The number of aromatic nitrogens is 3. The number of hydrogen-bond donors (Lipinski definition) is 0. The molecule has 9 atom stereocenters. The minimum atomic E-state index is -2.37. The van der Waals surface area contributed by atoms with Gasteiger partial charge in [0.2, 0.25) is 0 Å². The van der Waals surface area contributed by atoms with Crippen LogP contribution in [-0.2, 0) is 49.9 Å². The molecular weight excluding hydrogens is 570 g/mol. The Morgan fingerprint density at radius 2 is 1.47 bits per heavy atom. The first-order valence-corrected chi connectivity index (χ1v) is 14.0. The quantitative estimate of drug-likeness (QED) is 0.267. The number of methoxy groups -OCH3 is 4. The lowest BCUT2D eigenvalue weighted by Crippen LogP contribution is -2.75. The van der Waals surface area contributed by atoms with Crippen LogP contribution >= 0.6 is 0 Å². The summed E-state index contributed by atoms with van der Waals surface area (Å²) in [4.78, 5) is 90.7. The van der Waals surface area contributed by atoms with Crippen molar-refractivity contribution in [1.82, 2.24) is 18.8 Å². The first-order chi connectivity index (χ1) is 20.6. The topological polar surface area (TPSA) is 179 Å². The minimum absolute atomic E-state index is 0.109. The molecule has 2 aliphatic carbocycles. The summed E-state index contributed by atoms with van der Waals surface area (Å²) in [6.07, 6.45) is 0.854. The fourth-order valence-corrected chi connectivity index (χ4v) is 10.6. The van der Waals surface area contributed by atoms with Crippen LogP contribution in [0.5, 0.6) is 0 Å². The van der Waals surface area contributed by atoms with E-state index in [1.54, 1.807) is 4.90 Å². The second-order valence-corrected chi connectivity index (χ2v) is 12.3.